The van der Waals surface area contributed by atoms with Crippen molar-refractivity contribution < 1.29 is 14.3 Å². The zero-order valence-corrected chi connectivity index (χ0v) is 11.0. The van der Waals surface area contributed by atoms with Crippen LogP contribution in [0.3, 0.4) is 0 Å². The Balaban J connectivity index is 2.78. The highest BCUT2D eigenvalue weighted by molar-refractivity contribution is 6.41. The van der Waals surface area contributed by atoms with Crippen molar-refractivity contribution in [1.29, 1.82) is 0 Å². The van der Waals surface area contributed by atoms with Crippen LogP contribution in [-0.4, -0.2) is 42.6 Å². The summed E-state index contributed by atoms with van der Waals surface area (Å²) in [6, 6.07) is 0. The topological polar surface area (TPSA) is 61.3 Å². The van der Waals surface area contributed by atoms with Crippen LogP contribution in [-0.2, 0) is 4.74 Å². The summed E-state index contributed by atoms with van der Waals surface area (Å²) in [6.07, 6.45) is 7.43. The van der Waals surface area contributed by atoms with E-state index in [4.69, 9.17) is 31.6 Å². The molecule has 5 nitrogen and oxygen atoms in total. The lowest BCUT2D eigenvalue weighted by Crippen LogP contribution is -2.35. The lowest BCUT2D eigenvalue weighted by Gasteiger charge is -2.21. The monoisotopic (exact) mass is 254 g/mol. The Morgan fingerprint density at radius 2 is 1.95 bits per heavy atom. The molecule has 19 heavy (non-hydrogen) atoms. The zero-order chi connectivity index (χ0) is 14.7. The first-order valence-electron chi connectivity index (χ1n) is 5.43. The van der Waals surface area contributed by atoms with Crippen molar-refractivity contribution in [2.45, 2.75) is 31.8 Å². The van der Waals surface area contributed by atoms with Crippen LogP contribution in [0.15, 0.2) is 12.4 Å². The van der Waals surface area contributed by atoms with Gasteiger partial charge in [-0.3, -0.25) is 0 Å². The Kier molecular flexibility index (Phi) is 4.25. The molecule has 7 heteroatoms. The molecule has 1 rings (SSSR count). The van der Waals surface area contributed by atoms with Crippen LogP contribution in [0.4, 0.5) is 0 Å². The molecule has 0 atom stereocenters. The van der Waals surface area contributed by atoms with E-state index in [2.05, 4.69) is 9.97 Å². The summed E-state index contributed by atoms with van der Waals surface area (Å²) >= 11 is 0. The van der Waals surface area contributed by atoms with Gasteiger partial charge in [-0.05, 0) is 20.8 Å². The maximum Gasteiger partial charge on any atom is 0.359 e. The number of terminal acetylenes is 1. The molecule has 1 aromatic rings. The third-order valence-corrected chi connectivity index (χ3v) is 1.74. The summed E-state index contributed by atoms with van der Waals surface area (Å²) in [4.78, 5) is 19.3. The van der Waals surface area contributed by atoms with Gasteiger partial charge in [-0.25, -0.2) is 14.8 Å². The summed E-state index contributed by atoms with van der Waals surface area (Å²) in [5.74, 6) is 1.45. The third kappa shape index (κ3) is 5.04. The van der Waals surface area contributed by atoms with Crippen LogP contribution in [0, 0.1) is 12.3 Å². The van der Waals surface area contributed by atoms with E-state index in [9.17, 15) is 4.79 Å². The molecule has 0 bridgehead atoms. The normalized spacial score (nSPS) is 11.5. The predicted molar refractivity (Wildman–Crippen MR) is 70.9 cm³/mol. The summed E-state index contributed by atoms with van der Waals surface area (Å²) in [5, 5.41) is -1.78. The minimum Gasteiger partial charge on any atom is -0.478 e. The molecule has 0 saturated carbocycles. The second-order valence-corrected chi connectivity index (χ2v) is 4.78. The van der Waals surface area contributed by atoms with Crippen LogP contribution in [0.5, 0.6) is 5.88 Å². The lowest BCUT2D eigenvalue weighted by molar-refractivity contribution is 0.00622. The number of aromatic nitrogens is 2. The molecule has 0 N–H and O–H groups in total. The number of hydrogen-bond donors (Lipinski definition) is 0. The highest BCUT2D eigenvalue weighted by Gasteiger charge is 2.20. The van der Waals surface area contributed by atoms with E-state index < -0.39 is 17.0 Å². The number of esters is 1. The van der Waals surface area contributed by atoms with E-state index in [1.807, 2.05) is 5.92 Å². The van der Waals surface area contributed by atoms with Crippen molar-refractivity contribution in [1.82, 2.24) is 9.97 Å². The Hall–Kier alpha value is -1.96. The van der Waals surface area contributed by atoms with Crippen molar-refractivity contribution in [3.63, 3.8) is 0 Å². The fourth-order valence-electron chi connectivity index (χ4n) is 1.01. The van der Waals surface area contributed by atoms with Gasteiger partial charge < -0.3 is 9.47 Å². The molecule has 0 saturated heterocycles. The smallest absolute Gasteiger partial charge is 0.359 e. The molecule has 0 aliphatic heterocycles. The number of nitrogens with zero attached hydrogens (tertiary/aromatic N) is 2. The number of hydrogen-bond acceptors (Lipinski definition) is 5. The average molecular weight is 254 g/mol. The Labute approximate surface area is 114 Å². The van der Waals surface area contributed by atoms with Gasteiger partial charge in [0.25, 0.3) is 0 Å². The summed E-state index contributed by atoms with van der Waals surface area (Å²) in [7, 11) is 10.8. The third-order valence-electron chi connectivity index (χ3n) is 1.74. The van der Waals surface area contributed by atoms with Gasteiger partial charge in [-0.1, -0.05) is 5.92 Å². The van der Waals surface area contributed by atoms with Crippen molar-refractivity contribution in [2.24, 2.45) is 0 Å². The second kappa shape index (κ2) is 5.35. The molecule has 0 aromatic carbocycles. The van der Waals surface area contributed by atoms with Crippen LogP contribution >= 0.6 is 0 Å². The Morgan fingerprint density at radius 1 is 1.32 bits per heavy atom. The van der Waals surface area contributed by atoms with E-state index >= 15 is 0 Å². The lowest BCUT2D eigenvalue weighted by atomic mass is 9.66. The van der Waals surface area contributed by atoms with E-state index in [1.54, 1.807) is 20.8 Å². The van der Waals surface area contributed by atoms with E-state index in [-0.39, 0.29) is 11.6 Å². The first-order valence-corrected chi connectivity index (χ1v) is 5.43. The van der Waals surface area contributed by atoms with Crippen LogP contribution in [0.25, 0.3) is 0 Å². The largest absolute Gasteiger partial charge is 0.478 e. The van der Waals surface area contributed by atoms with Crippen molar-refractivity contribution in [3.05, 3.63) is 18.1 Å². The molecule has 1 heterocycles. The van der Waals surface area contributed by atoms with Crippen molar-refractivity contribution in [3.8, 4) is 18.2 Å². The molecule has 94 valence electrons. The van der Waals surface area contributed by atoms with Gasteiger partial charge in [0.1, 0.15) is 21.3 Å². The van der Waals surface area contributed by atoms with Crippen LogP contribution < -0.4 is 4.74 Å². The number of ether oxygens (including phenoxy) is 2. The van der Waals surface area contributed by atoms with Crippen LogP contribution in [0.2, 0.25) is 0 Å². The highest BCUT2D eigenvalue weighted by atomic mass is 16.6. The van der Waals surface area contributed by atoms with Gasteiger partial charge in [0.15, 0.2) is 5.69 Å². The van der Waals surface area contributed by atoms with Gasteiger partial charge in [-0.2, -0.15) is 0 Å². The van der Waals surface area contributed by atoms with Crippen LogP contribution in [0.1, 0.15) is 31.3 Å². The maximum atomic E-state index is 11.7. The predicted octanol–water partition coefficient (Wildman–Crippen LogP) is 0.435. The molecule has 0 fully saturated rings. The minimum absolute atomic E-state index is 0.00950. The van der Waals surface area contributed by atoms with Gasteiger partial charge in [0.05, 0.1) is 17.8 Å². The molecule has 0 spiro atoms. The number of carbonyl (C=O) groups is 1. The molecule has 0 aliphatic carbocycles. The molecule has 0 aliphatic rings. The van der Waals surface area contributed by atoms with Gasteiger partial charge in [0.2, 0.25) is 5.88 Å². The van der Waals surface area contributed by atoms with Gasteiger partial charge in [-0.15, -0.1) is 6.42 Å². The van der Waals surface area contributed by atoms with Crippen molar-refractivity contribution in [2.75, 3.05) is 0 Å². The summed E-state index contributed by atoms with van der Waals surface area (Å²) < 4.78 is 10.1. The van der Waals surface area contributed by atoms with Gasteiger partial charge in [0, 0.05) is 0 Å². The first kappa shape index (κ1) is 15.1. The fourth-order valence-corrected chi connectivity index (χ4v) is 1.01. The molecular formula is C12H12B2N2O3. The average Bonchev–Trinajstić information content (AvgIpc) is 2.27. The summed E-state index contributed by atoms with van der Waals surface area (Å²) in [5.41, 5.74) is -0.566. The van der Waals surface area contributed by atoms with E-state index in [0.717, 1.165) is 0 Å². The second-order valence-electron chi connectivity index (χ2n) is 4.78. The van der Waals surface area contributed by atoms with E-state index in [0.29, 0.717) is 0 Å². The first-order chi connectivity index (χ1) is 8.63. The quantitative estimate of drug-likeness (QED) is 0.444. The maximum absolute atomic E-state index is 11.7. The molecule has 0 amide bonds. The fraction of sp³-hybridized carbons (Fsp3) is 0.417. The molecule has 0 unspecified atom stereocenters. The minimum atomic E-state index is -1.78. The molecule has 4 radical (unpaired) electrons. The van der Waals surface area contributed by atoms with E-state index in [1.165, 1.54) is 12.4 Å². The van der Waals surface area contributed by atoms with Crippen molar-refractivity contribution >= 4 is 21.7 Å². The highest BCUT2D eigenvalue weighted by Crippen LogP contribution is 2.13. The zero-order valence-electron chi connectivity index (χ0n) is 11.0. The molecule has 1 aromatic heterocycles. The number of rotatable bonds is 3. The standard InChI is InChI=1S/C12H12B2N2O3/c1-5-12(13,14)18-9-7-15-8(6-16-9)10(17)19-11(2,3)4/h1,6-7H,2-4H3. The number of carbonyl (C=O) groups excluding carboxylic acids is 1. The Morgan fingerprint density at radius 3 is 2.37 bits per heavy atom. The molecular weight excluding hydrogens is 242 g/mol. The van der Waals surface area contributed by atoms with Gasteiger partial charge >= 0.3 is 5.97 Å². The Bertz CT molecular complexity index is 501. The SMILES string of the molecule is [B]C([B])(C#C)Oc1cnc(C(=O)OC(C)(C)C)cn1. The summed E-state index contributed by atoms with van der Waals surface area (Å²) in [6.45, 7) is 5.25.